The van der Waals surface area contributed by atoms with E-state index < -0.39 is 0 Å². The zero-order valence-electron chi connectivity index (χ0n) is 21.0. The second-order valence-corrected chi connectivity index (χ2v) is 9.46. The van der Waals surface area contributed by atoms with Crippen molar-refractivity contribution in [2.24, 2.45) is 0 Å². The molecule has 0 aliphatic carbocycles. The van der Waals surface area contributed by atoms with E-state index in [0.717, 1.165) is 28.5 Å². The summed E-state index contributed by atoms with van der Waals surface area (Å²) >= 11 is 5.78. The lowest BCUT2D eigenvalue weighted by molar-refractivity contribution is -0.140. The van der Waals surface area contributed by atoms with Crippen LogP contribution < -0.4 is 10.2 Å². The summed E-state index contributed by atoms with van der Waals surface area (Å²) in [6, 6.07) is 16.6. The lowest BCUT2D eigenvalue weighted by Crippen LogP contribution is -2.31. The quantitative estimate of drug-likeness (QED) is 0.368. The number of aromatic nitrogens is 2. The van der Waals surface area contributed by atoms with Gasteiger partial charge in [0, 0.05) is 56.0 Å². The Hall–Kier alpha value is -3.39. The molecule has 1 aliphatic rings. The zero-order chi connectivity index (χ0) is 25.1. The number of esters is 1. The van der Waals surface area contributed by atoms with Crippen LogP contribution >= 0.6 is 12.2 Å². The van der Waals surface area contributed by atoms with Crippen LogP contribution in [0.5, 0.6) is 0 Å². The fourth-order valence-corrected chi connectivity index (χ4v) is 5.20. The van der Waals surface area contributed by atoms with Crippen molar-refractivity contribution in [3.8, 4) is 5.69 Å². The number of anilines is 1. The molecule has 0 unspecified atom stereocenters. The Morgan fingerprint density at radius 1 is 1.17 bits per heavy atom. The maximum atomic E-state index is 11.7. The third kappa shape index (κ3) is 5.03. The fourth-order valence-electron chi connectivity index (χ4n) is 4.86. The third-order valence-corrected chi connectivity index (χ3v) is 6.97. The summed E-state index contributed by atoms with van der Waals surface area (Å²) in [7, 11) is 5.51. The Morgan fingerprint density at radius 2 is 1.91 bits per heavy atom. The van der Waals surface area contributed by atoms with Crippen molar-refractivity contribution in [1.29, 1.82) is 0 Å². The first-order valence-electron chi connectivity index (χ1n) is 11.8. The minimum atomic E-state index is -0.208. The van der Waals surface area contributed by atoms with Gasteiger partial charge in [-0.15, -0.1) is 0 Å². The van der Waals surface area contributed by atoms with Gasteiger partial charge in [-0.05, 0) is 80.5 Å². The lowest BCUT2D eigenvalue weighted by atomic mass is 9.96. The summed E-state index contributed by atoms with van der Waals surface area (Å²) < 4.78 is 7.12. The van der Waals surface area contributed by atoms with Crippen molar-refractivity contribution in [2.45, 2.75) is 38.8 Å². The molecule has 1 aromatic carbocycles. The van der Waals surface area contributed by atoms with Crippen LogP contribution in [0.1, 0.15) is 47.6 Å². The van der Waals surface area contributed by atoms with Gasteiger partial charge in [-0.3, -0.25) is 9.78 Å². The van der Waals surface area contributed by atoms with Crippen LogP contribution in [0.25, 0.3) is 5.69 Å². The number of benzene rings is 1. The second kappa shape index (κ2) is 10.5. The Kier molecular flexibility index (Phi) is 7.40. The maximum absolute atomic E-state index is 11.7. The van der Waals surface area contributed by atoms with E-state index in [0.29, 0.717) is 24.5 Å². The molecule has 0 spiro atoms. The summed E-state index contributed by atoms with van der Waals surface area (Å²) in [5.41, 5.74) is 6.74. The molecule has 0 saturated carbocycles. The highest BCUT2D eigenvalue weighted by atomic mass is 32.1. The maximum Gasteiger partial charge on any atom is 0.305 e. The number of hydrogen-bond donors (Lipinski definition) is 1. The molecule has 0 radical (unpaired) electrons. The zero-order valence-corrected chi connectivity index (χ0v) is 21.8. The van der Waals surface area contributed by atoms with E-state index in [1.54, 1.807) is 0 Å². The van der Waals surface area contributed by atoms with E-state index in [2.05, 4.69) is 68.8 Å². The standard InChI is InChI=1S/C27H33N5O2S/c1-18-17-22(19(2)32(18)21-13-11-20(12-14-21)30(3)4)26-25(23-9-6-7-15-28-23)29-27(35)31(26)16-8-10-24(33)34-5/h6-7,9,11-15,17,25-26H,8,10,16H2,1-5H3,(H,29,35)/t25-,26+/m0/s1. The molecule has 2 atom stereocenters. The molecule has 3 heterocycles. The number of nitrogens with zero attached hydrogens (tertiary/aromatic N) is 4. The van der Waals surface area contributed by atoms with Crippen molar-refractivity contribution in [3.63, 3.8) is 0 Å². The van der Waals surface area contributed by atoms with Crippen LogP contribution in [0.15, 0.2) is 54.7 Å². The van der Waals surface area contributed by atoms with Gasteiger partial charge in [0.1, 0.15) is 0 Å². The predicted molar refractivity (Wildman–Crippen MR) is 143 cm³/mol. The Balaban J connectivity index is 1.73. The van der Waals surface area contributed by atoms with E-state index in [9.17, 15) is 4.79 Å². The van der Waals surface area contributed by atoms with Gasteiger partial charge < -0.3 is 24.4 Å². The highest BCUT2D eigenvalue weighted by molar-refractivity contribution is 7.80. The molecule has 7 nitrogen and oxygen atoms in total. The Labute approximate surface area is 212 Å². The SMILES string of the molecule is COC(=O)CCCN1C(=S)N[C@@H](c2ccccn2)[C@H]1c1cc(C)n(-c2ccc(N(C)C)cc2)c1C. The monoisotopic (exact) mass is 491 g/mol. The van der Waals surface area contributed by atoms with E-state index in [1.807, 2.05) is 38.5 Å². The summed E-state index contributed by atoms with van der Waals surface area (Å²) in [4.78, 5) is 20.6. The molecule has 1 fully saturated rings. The van der Waals surface area contributed by atoms with Crippen LogP contribution in [0.4, 0.5) is 5.69 Å². The largest absolute Gasteiger partial charge is 0.469 e. The van der Waals surface area contributed by atoms with Crippen LogP contribution in [-0.2, 0) is 9.53 Å². The smallest absolute Gasteiger partial charge is 0.305 e. The molecule has 2 aromatic heterocycles. The number of thiocarbonyl (C=S) groups is 1. The van der Waals surface area contributed by atoms with Crippen molar-refractivity contribution < 1.29 is 9.53 Å². The van der Waals surface area contributed by atoms with Crippen LogP contribution in [0, 0.1) is 13.8 Å². The molecule has 1 saturated heterocycles. The number of ether oxygens (including phenoxy) is 1. The highest BCUT2D eigenvalue weighted by Crippen LogP contribution is 2.41. The average molecular weight is 492 g/mol. The number of pyridine rings is 1. The molecular formula is C27H33N5O2S. The summed E-state index contributed by atoms with van der Waals surface area (Å²) in [6.07, 6.45) is 2.82. The molecule has 8 heteroatoms. The first-order chi connectivity index (χ1) is 16.8. The van der Waals surface area contributed by atoms with Crippen molar-refractivity contribution in [1.82, 2.24) is 19.8 Å². The number of aryl methyl sites for hydroxylation is 1. The van der Waals surface area contributed by atoms with Gasteiger partial charge in [-0.25, -0.2) is 0 Å². The van der Waals surface area contributed by atoms with Gasteiger partial charge >= 0.3 is 5.97 Å². The van der Waals surface area contributed by atoms with Crippen LogP contribution in [0.3, 0.4) is 0 Å². The van der Waals surface area contributed by atoms with E-state index >= 15 is 0 Å². The van der Waals surface area contributed by atoms with Crippen LogP contribution in [-0.4, -0.2) is 53.3 Å². The second-order valence-electron chi connectivity index (χ2n) is 9.07. The first kappa shape index (κ1) is 24.7. The Bertz CT molecular complexity index is 1190. The van der Waals surface area contributed by atoms with E-state index in [-0.39, 0.29) is 18.1 Å². The average Bonchev–Trinajstić information content (AvgIpc) is 3.34. The van der Waals surface area contributed by atoms with Gasteiger partial charge in [0.25, 0.3) is 0 Å². The number of carbonyl (C=O) groups excluding carboxylic acids is 1. The number of hydrogen-bond acceptors (Lipinski definition) is 5. The summed E-state index contributed by atoms with van der Waals surface area (Å²) in [5.74, 6) is -0.208. The first-order valence-corrected chi connectivity index (χ1v) is 12.2. The van der Waals surface area contributed by atoms with Gasteiger partial charge in [-0.2, -0.15) is 0 Å². The van der Waals surface area contributed by atoms with Crippen molar-refractivity contribution in [3.05, 3.63) is 77.4 Å². The normalized spacial score (nSPS) is 17.4. The molecule has 1 N–H and O–H groups in total. The van der Waals surface area contributed by atoms with Crippen molar-refractivity contribution >= 4 is 29.0 Å². The van der Waals surface area contributed by atoms with Crippen LogP contribution in [0.2, 0.25) is 0 Å². The number of methoxy groups -OCH3 is 1. The topological polar surface area (TPSA) is 62.6 Å². The predicted octanol–water partition coefficient (Wildman–Crippen LogP) is 4.48. The minimum Gasteiger partial charge on any atom is -0.469 e. The molecule has 0 amide bonds. The van der Waals surface area contributed by atoms with Gasteiger partial charge in [0.2, 0.25) is 0 Å². The summed E-state index contributed by atoms with van der Waals surface area (Å²) in [6.45, 7) is 4.94. The highest BCUT2D eigenvalue weighted by Gasteiger charge is 2.41. The molecular weight excluding hydrogens is 458 g/mol. The minimum absolute atomic E-state index is 0.0453. The van der Waals surface area contributed by atoms with Crippen molar-refractivity contribution in [2.75, 3.05) is 32.6 Å². The molecule has 35 heavy (non-hydrogen) atoms. The molecule has 184 valence electrons. The molecule has 3 aromatic rings. The number of carbonyl (C=O) groups is 1. The van der Waals surface area contributed by atoms with Gasteiger partial charge in [0.15, 0.2) is 5.11 Å². The third-order valence-electron chi connectivity index (χ3n) is 6.62. The van der Waals surface area contributed by atoms with E-state index in [1.165, 1.54) is 12.7 Å². The van der Waals surface area contributed by atoms with Gasteiger partial charge in [0.05, 0.1) is 24.9 Å². The fraction of sp³-hybridized carbons (Fsp3) is 0.370. The van der Waals surface area contributed by atoms with E-state index in [4.69, 9.17) is 17.0 Å². The molecule has 0 bridgehead atoms. The molecule has 1 aliphatic heterocycles. The lowest BCUT2D eigenvalue weighted by Gasteiger charge is -2.28. The molecule has 4 rings (SSSR count). The summed E-state index contributed by atoms with van der Waals surface area (Å²) in [5, 5.41) is 4.18. The number of rotatable bonds is 8. The Morgan fingerprint density at radius 3 is 2.54 bits per heavy atom. The van der Waals surface area contributed by atoms with Gasteiger partial charge in [-0.1, -0.05) is 6.07 Å². The number of nitrogens with one attached hydrogen (secondary N) is 1.